The molecule has 0 atom stereocenters. The Bertz CT molecular complexity index is 738. The standard InChI is InChI=1S/C16H14Cl2N2O2S/c1-2-22-14-6-4-3-5-11(14)15(21)20-16(23)19-13-9-10(17)7-8-12(13)18/h3-9H,2H2,1H3,(H2,19,20,21,23). The summed E-state index contributed by atoms with van der Waals surface area (Å²) in [5, 5.41) is 6.50. The molecule has 2 N–H and O–H groups in total. The van der Waals surface area contributed by atoms with Crippen LogP contribution in [0.2, 0.25) is 10.0 Å². The van der Waals surface area contributed by atoms with Gasteiger partial charge in [-0.1, -0.05) is 35.3 Å². The molecule has 0 unspecified atom stereocenters. The lowest BCUT2D eigenvalue weighted by molar-refractivity contribution is 0.0974. The Morgan fingerprint density at radius 1 is 1.22 bits per heavy atom. The SMILES string of the molecule is CCOc1ccccc1C(=O)NC(=S)Nc1cc(Cl)ccc1Cl. The first-order valence-electron chi connectivity index (χ1n) is 6.80. The van der Waals surface area contributed by atoms with Crippen LogP contribution in [0.1, 0.15) is 17.3 Å². The Labute approximate surface area is 149 Å². The summed E-state index contributed by atoms with van der Waals surface area (Å²) >= 11 is 17.1. The number of hydrogen-bond acceptors (Lipinski definition) is 3. The van der Waals surface area contributed by atoms with Crippen LogP contribution in [0.5, 0.6) is 5.75 Å². The molecule has 0 aromatic heterocycles. The van der Waals surface area contributed by atoms with Crippen molar-refractivity contribution in [2.24, 2.45) is 0 Å². The van der Waals surface area contributed by atoms with Gasteiger partial charge in [0.05, 0.1) is 22.9 Å². The average molecular weight is 369 g/mol. The number of carbonyl (C=O) groups excluding carboxylic acids is 1. The highest BCUT2D eigenvalue weighted by atomic mass is 35.5. The topological polar surface area (TPSA) is 50.4 Å². The van der Waals surface area contributed by atoms with Crippen molar-refractivity contribution in [2.45, 2.75) is 6.92 Å². The van der Waals surface area contributed by atoms with Crippen LogP contribution in [0.15, 0.2) is 42.5 Å². The molecule has 1 amide bonds. The van der Waals surface area contributed by atoms with Crippen LogP contribution in [0.3, 0.4) is 0 Å². The van der Waals surface area contributed by atoms with E-state index >= 15 is 0 Å². The van der Waals surface area contributed by atoms with Gasteiger partial charge in [-0.15, -0.1) is 0 Å². The zero-order valence-corrected chi connectivity index (χ0v) is 14.6. The van der Waals surface area contributed by atoms with E-state index in [0.29, 0.717) is 33.7 Å². The maximum Gasteiger partial charge on any atom is 0.261 e. The lowest BCUT2D eigenvalue weighted by Gasteiger charge is -2.13. The minimum absolute atomic E-state index is 0.116. The van der Waals surface area contributed by atoms with Crippen LogP contribution < -0.4 is 15.4 Å². The molecule has 2 aromatic rings. The average Bonchev–Trinajstić information content (AvgIpc) is 2.51. The Morgan fingerprint density at radius 3 is 2.70 bits per heavy atom. The number of thiocarbonyl (C=S) groups is 1. The minimum Gasteiger partial charge on any atom is -0.493 e. The maximum atomic E-state index is 12.3. The summed E-state index contributed by atoms with van der Waals surface area (Å²) in [7, 11) is 0. The summed E-state index contributed by atoms with van der Waals surface area (Å²) in [4.78, 5) is 12.3. The van der Waals surface area contributed by atoms with Crippen LogP contribution in [0.4, 0.5) is 5.69 Å². The minimum atomic E-state index is -0.371. The summed E-state index contributed by atoms with van der Waals surface area (Å²) < 4.78 is 5.43. The Kier molecular flexibility index (Phi) is 6.21. The highest BCUT2D eigenvalue weighted by Crippen LogP contribution is 2.25. The molecular formula is C16H14Cl2N2O2S. The predicted molar refractivity (Wildman–Crippen MR) is 97.8 cm³/mol. The van der Waals surface area contributed by atoms with Crippen LogP contribution in [0.25, 0.3) is 0 Å². The van der Waals surface area contributed by atoms with Crippen molar-refractivity contribution in [3.05, 3.63) is 58.1 Å². The Balaban J connectivity index is 2.08. The van der Waals surface area contributed by atoms with E-state index < -0.39 is 0 Å². The van der Waals surface area contributed by atoms with Crippen molar-refractivity contribution in [2.75, 3.05) is 11.9 Å². The molecule has 0 fully saturated rings. The molecule has 4 nitrogen and oxygen atoms in total. The number of nitrogens with one attached hydrogen (secondary N) is 2. The number of benzene rings is 2. The van der Waals surface area contributed by atoms with E-state index in [0.717, 1.165) is 0 Å². The number of hydrogen-bond donors (Lipinski definition) is 2. The molecule has 0 bridgehead atoms. The highest BCUT2D eigenvalue weighted by Gasteiger charge is 2.14. The fourth-order valence-corrected chi connectivity index (χ4v) is 2.39. The molecule has 7 heteroatoms. The van der Waals surface area contributed by atoms with E-state index in [9.17, 15) is 4.79 Å². The second-order valence-corrected chi connectivity index (χ2v) is 5.71. The summed E-state index contributed by atoms with van der Waals surface area (Å²) in [5.41, 5.74) is 0.915. The van der Waals surface area contributed by atoms with Gasteiger partial charge in [0.15, 0.2) is 5.11 Å². The second-order valence-electron chi connectivity index (χ2n) is 4.46. The monoisotopic (exact) mass is 368 g/mol. The third kappa shape index (κ3) is 4.82. The third-order valence-electron chi connectivity index (χ3n) is 2.84. The molecule has 0 aliphatic heterocycles. The molecule has 0 aliphatic carbocycles. The predicted octanol–water partition coefficient (Wildman–Crippen LogP) is 4.52. The number of halogens is 2. The van der Waals surface area contributed by atoms with Gasteiger partial charge in [0.1, 0.15) is 5.75 Å². The van der Waals surface area contributed by atoms with Gasteiger partial charge in [0.25, 0.3) is 5.91 Å². The third-order valence-corrected chi connectivity index (χ3v) is 3.60. The van der Waals surface area contributed by atoms with Crippen LogP contribution in [-0.4, -0.2) is 17.6 Å². The van der Waals surface area contributed by atoms with Crippen LogP contribution in [-0.2, 0) is 0 Å². The fraction of sp³-hybridized carbons (Fsp3) is 0.125. The molecule has 23 heavy (non-hydrogen) atoms. The van der Waals surface area contributed by atoms with Gasteiger partial charge in [-0.25, -0.2) is 0 Å². The summed E-state index contributed by atoms with van der Waals surface area (Å²) in [5.74, 6) is 0.126. The van der Waals surface area contributed by atoms with Gasteiger partial charge >= 0.3 is 0 Å². The number of anilines is 1. The Hall–Kier alpha value is -1.82. The highest BCUT2D eigenvalue weighted by molar-refractivity contribution is 7.80. The first-order valence-corrected chi connectivity index (χ1v) is 7.97. The van der Waals surface area contributed by atoms with Gasteiger partial charge in [-0.05, 0) is 49.5 Å². The molecule has 2 aromatic carbocycles. The van der Waals surface area contributed by atoms with E-state index in [1.807, 2.05) is 6.92 Å². The zero-order valence-electron chi connectivity index (χ0n) is 12.2. The van der Waals surface area contributed by atoms with Crippen LogP contribution >= 0.6 is 35.4 Å². The molecule has 0 aliphatic rings. The van der Waals surface area contributed by atoms with Gasteiger partial charge in [-0.3, -0.25) is 10.1 Å². The van der Waals surface area contributed by atoms with E-state index in [2.05, 4.69) is 10.6 Å². The first kappa shape index (κ1) is 17.5. The number of rotatable bonds is 4. The van der Waals surface area contributed by atoms with Crippen molar-refractivity contribution in [3.63, 3.8) is 0 Å². The summed E-state index contributed by atoms with van der Waals surface area (Å²) in [6, 6.07) is 11.9. The van der Waals surface area contributed by atoms with E-state index in [4.69, 9.17) is 40.2 Å². The smallest absolute Gasteiger partial charge is 0.261 e. The van der Waals surface area contributed by atoms with Gasteiger partial charge < -0.3 is 10.1 Å². The Morgan fingerprint density at radius 2 is 1.96 bits per heavy atom. The number of para-hydroxylation sites is 1. The van der Waals surface area contributed by atoms with E-state index in [-0.39, 0.29) is 11.0 Å². The lowest BCUT2D eigenvalue weighted by Crippen LogP contribution is -2.34. The maximum absolute atomic E-state index is 12.3. The number of amides is 1. The molecule has 0 saturated carbocycles. The number of ether oxygens (including phenoxy) is 1. The van der Waals surface area contributed by atoms with Crippen molar-refractivity contribution >= 4 is 52.1 Å². The van der Waals surface area contributed by atoms with Gasteiger partial charge in [0.2, 0.25) is 0 Å². The number of carbonyl (C=O) groups is 1. The molecule has 0 spiro atoms. The summed E-state index contributed by atoms with van der Waals surface area (Å²) in [6.07, 6.45) is 0. The summed E-state index contributed by atoms with van der Waals surface area (Å²) in [6.45, 7) is 2.31. The van der Waals surface area contributed by atoms with Crippen molar-refractivity contribution < 1.29 is 9.53 Å². The zero-order chi connectivity index (χ0) is 16.8. The molecule has 0 heterocycles. The van der Waals surface area contributed by atoms with Crippen LogP contribution in [0, 0.1) is 0 Å². The van der Waals surface area contributed by atoms with Crippen molar-refractivity contribution in [1.82, 2.24) is 5.32 Å². The first-order chi connectivity index (χ1) is 11.0. The largest absolute Gasteiger partial charge is 0.493 e. The van der Waals surface area contributed by atoms with E-state index in [1.165, 1.54) is 0 Å². The van der Waals surface area contributed by atoms with Gasteiger partial charge in [0, 0.05) is 5.02 Å². The normalized spacial score (nSPS) is 10.0. The molecule has 120 valence electrons. The lowest BCUT2D eigenvalue weighted by atomic mass is 10.2. The van der Waals surface area contributed by atoms with Crippen molar-refractivity contribution in [1.29, 1.82) is 0 Å². The molecule has 0 saturated heterocycles. The van der Waals surface area contributed by atoms with Gasteiger partial charge in [-0.2, -0.15) is 0 Å². The molecule has 2 rings (SSSR count). The second kappa shape index (κ2) is 8.15. The molecule has 0 radical (unpaired) electrons. The fourth-order valence-electron chi connectivity index (χ4n) is 1.85. The quantitative estimate of drug-likeness (QED) is 0.779. The van der Waals surface area contributed by atoms with Crippen molar-refractivity contribution in [3.8, 4) is 5.75 Å². The molecular weight excluding hydrogens is 355 g/mol. The van der Waals surface area contributed by atoms with E-state index in [1.54, 1.807) is 42.5 Å².